The summed E-state index contributed by atoms with van der Waals surface area (Å²) in [4.78, 5) is 21.6. The Morgan fingerprint density at radius 2 is 1.86 bits per heavy atom. The molecule has 0 saturated heterocycles. The first-order valence-corrected chi connectivity index (χ1v) is 12.6. The van der Waals surface area contributed by atoms with Crippen LogP contribution in [0.4, 0.5) is 5.82 Å². The number of benzene rings is 1. The lowest BCUT2D eigenvalue weighted by atomic mass is 10.1. The summed E-state index contributed by atoms with van der Waals surface area (Å²) in [6, 6.07) is 3.54. The second-order valence-corrected chi connectivity index (χ2v) is 8.14. The SMILES string of the molecule is CCOCCNc1nc(SC)nc2c1cnn2CCNC(=O)/C=C\c1cc(OC)c(OC)c(OC)c1. The molecule has 0 fully saturated rings. The topological polar surface area (TPSA) is 122 Å². The molecule has 12 heteroatoms. The van der Waals surface area contributed by atoms with Crippen molar-refractivity contribution in [3.63, 3.8) is 0 Å². The van der Waals surface area contributed by atoms with Crippen LogP contribution in [-0.2, 0) is 16.1 Å². The van der Waals surface area contributed by atoms with Gasteiger partial charge < -0.3 is 29.6 Å². The van der Waals surface area contributed by atoms with Crippen molar-refractivity contribution >= 4 is 40.6 Å². The van der Waals surface area contributed by atoms with Gasteiger partial charge in [0.1, 0.15) is 5.82 Å². The van der Waals surface area contributed by atoms with Crippen molar-refractivity contribution in [1.29, 1.82) is 0 Å². The minimum Gasteiger partial charge on any atom is -0.493 e. The first kappa shape index (κ1) is 27.1. The summed E-state index contributed by atoms with van der Waals surface area (Å²) < 4.78 is 23.2. The van der Waals surface area contributed by atoms with E-state index in [-0.39, 0.29) is 5.91 Å². The third-order valence-electron chi connectivity index (χ3n) is 5.14. The molecule has 0 aliphatic heterocycles. The van der Waals surface area contributed by atoms with E-state index in [4.69, 9.17) is 18.9 Å². The molecule has 3 aromatic rings. The van der Waals surface area contributed by atoms with E-state index >= 15 is 0 Å². The summed E-state index contributed by atoms with van der Waals surface area (Å²) >= 11 is 1.46. The van der Waals surface area contributed by atoms with Crippen LogP contribution in [0.1, 0.15) is 12.5 Å². The van der Waals surface area contributed by atoms with Crippen LogP contribution in [0.25, 0.3) is 17.1 Å². The highest BCUT2D eigenvalue weighted by molar-refractivity contribution is 7.98. The zero-order chi connectivity index (χ0) is 25.9. The van der Waals surface area contributed by atoms with Crippen LogP contribution in [-0.4, -0.2) is 79.5 Å². The quantitative estimate of drug-likeness (QED) is 0.143. The summed E-state index contributed by atoms with van der Waals surface area (Å²) in [6.45, 7) is 4.67. The predicted octanol–water partition coefficient (Wildman–Crippen LogP) is 2.85. The molecule has 2 aromatic heterocycles. The van der Waals surface area contributed by atoms with Gasteiger partial charge in [-0.3, -0.25) is 4.79 Å². The zero-order valence-corrected chi connectivity index (χ0v) is 22.0. The molecule has 1 aromatic carbocycles. The molecule has 1 amide bonds. The number of hydrogen-bond acceptors (Lipinski definition) is 10. The Kier molecular flexibility index (Phi) is 10.2. The number of aromatic nitrogens is 4. The van der Waals surface area contributed by atoms with Crippen LogP contribution in [0.5, 0.6) is 17.2 Å². The number of carbonyl (C=O) groups is 1. The number of hydrogen-bond donors (Lipinski definition) is 2. The van der Waals surface area contributed by atoms with Gasteiger partial charge in [-0.1, -0.05) is 11.8 Å². The van der Waals surface area contributed by atoms with E-state index in [1.807, 2.05) is 13.2 Å². The van der Waals surface area contributed by atoms with Crippen molar-refractivity contribution in [2.24, 2.45) is 0 Å². The van der Waals surface area contributed by atoms with Gasteiger partial charge in [-0.25, -0.2) is 14.6 Å². The van der Waals surface area contributed by atoms with Gasteiger partial charge in [0.2, 0.25) is 11.7 Å². The summed E-state index contributed by atoms with van der Waals surface area (Å²) in [5, 5.41) is 12.1. The van der Waals surface area contributed by atoms with Crippen LogP contribution < -0.4 is 24.8 Å². The van der Waals surface area contributed by atoms with E-state index in [9.17, 15) is 4.79 Å². The average molecular weight is 517 g/mol. The van der Waals surface area contributed by atoms with E-state index in [2.05, 4.69) is 25.7 Å². The lowest BCUT2D eigenvalue weighted by Gasteiger charge is -2.12. The van der Waals surface area contributed by atoms with Gasteiger partial charge in [0.15, 0.2) is 22.3 Å². The van der Waals surface area contributed by atoms with Crippen LogP contribution in [0.15, 0.2) is 29.6 Å². The van der Waals surface area contributed by atoms with E-state index in [0.717, 1.165) is 10.9 Å². The van der Waals surface area contributed by atoms with Crippen molar-refractivity contribution in [3.05, 3.63) is 30.0 Å². The number of amides is 1. The molecular formula is C24H32N6O5S. The Labute approximate surface area is 214 Å². The second-order valence-electron chi connectivity index (χ2n) is 7.37. The van der Waals surface area contributed by atoms with Crippen molar-refractivity contribution in [3.8, 4) is 17.2 Å². The molecule has 194 valence electrons. The molecule has 3 rings (SSSR count). The lowest BCUT2D eigenvalue weighted by molar-refractivity contribution is -0.116. The Balaban J connectivity index is 1.64. The van der Waals surface area contributed by atoms with Gasteiger partial charge in [-0.05, 0) is 37.0 Å². The minimum absolute atomic E-state index is 0.238. The highest BCUT2D eigenvalue weighted by atomic mass is 32.2. The molecular weight excluding hydrogens is 484 g/mol. The van der Waals surface area contributed by atoms with Gasteiger partial charge in [0.25, 0.3) is 0 Å². The molecule has 0 unspecified atom stereocenters. The number of thioether (sulfide) groups is 1. The monoisotopic (exact) mass is 516 g/mol. The maximum atomic E-state index is 12.4. The molecule has 11 nitrogen and oxygen atoms in total. The number of carbonyl (C=O) groups excluding carboxylic acids is 1. The highest BCUT2D eigenvalue weighted by Gasteiger charge is 2.14. The zero-order valence-electron chi connectivity index (χ0n) is 21.2. The molecule has 2 N–H and O–H groups in total. The van der Waals surface area contributed by atoms with Crippen LogP contribution >= 0.6 is 11.8 Å². The van der Waals surface area contributed by atoms with E-state index in [1.165, 1.54) is 17.8 Å². The van der Waals surface area contributed by atoms with E-state index < -0.39 is 0 Å². The molecule has 0 aliphatic rings. The van der Waals surface area contributed by atoms with Crippen molar-refractivity contribution in [1.82, 2.24) is 25.1 Å². The Morgan fingerprint density at radius 3 is 2.50 bits per heavy atom. The summed E-state index contributed by atoms with van der Waals surface area (Å²) in [5.74, 6) is 2.00. The Bertz CT molecular complexity index is 1170. The van der Waals surface area contributed by atoms with Gasteiger partial charge in [-0.2, -0.15) is 5.10 Å². The lowest BCUT2D eigenvalue weighted by Crippen LogP contribution is -2.25. The maximum absolute atomic E-state index is 12.4. The van der Waals surface area contributed by atoms with E-state index in [1.54, 1.807) is 50.4 Å². The third kappa shape index (κ3) is 6.79. The smallest absolute Gasteiger partial charge is 0.244 e. The van der Waals surface area contributed by atoms with Crippen molar-refractivity contribution < 1.29 is 23.7 Å². The Hall–Kier alpha value is -3.51. The summed E-state index contributed by atoms with van der Waals surface area (Å²) in [6.07, 6.45) is 6.79. The predicted molar refractivity (Wildman–Crippen MR) is 140 cm³/mol. The Morgan fingerprint density at radius 1 is 1.11 bits per heavy atom. The second kappa shape index (κ2) is 13.5. The van der Waals surface area contributed by atoms with Crippen LogP contribution in [0.2, 0.25) is 0 Å². The standard InChI is InChI=1S/C24H32N6O5S/c1-6-35-12-10-26-22-17-15-27-30(23(17)29-24(28-22)36-5)11-9-25-20(31)8-7-16-13-18(32-2)21(34-4)19(14-16)33-3/h7-8,13-15H,6,9-12H2,1-5H3,(H,25,31)(H,26,28,29)/b8-7-. The minimum atomic E-state index is -0.238. The first-order valence-electron chi connectivity index (χ1n) is 11.4. The fraction of sp³-hybridized carbons (Fsp3) is 0.417. The molecule has 0 bridgehead atoms. The number of nitrogens with zero attached hydrogens (tertiary/aromatic N) is 4. The maximum Gasteiger partial charge on any atom is 0.244 e. The first-order chi connectivity index (χ1) is 17.5. The molecule has 2 heterocycles. The summed E-state index contributed by atoms with van der Waals surface area (Å²) in [5.41, 5.74) is 1.44. The molecule has 0 aliphatic carbocycles. The summed E-state index contributed by atoms with van der Waals surface area (Å²) in [7, 11) is 4.63. The van der Waals surface area contributed by atoms with Gasteiger partial charge in [-0.15, -0.1) is 0 Å². The molecule has 0 atom stereocenters. The number of methoxy groups -OCH3 is 3. The fourth-order valence-electron chi connectivity index (χ4n) is 3.42. The van der Waals surface area contributed by atoms with Gasteiger partial charge >= 0.3 is 0 Å². The fourth-order valence-corrected chi connectivity index (χ4v) is 3.78. The molecule has 0 saturated carbocycles. The van der Waals surface area contributed by atoms with Crippen LogP contribution in [0.3, 0.4) is 0 Å². The molecule has 0 spiro atoms. The van der Waals surface area contributed by atoms with Crippen molar-refractivity contribution in [2.45, 2.75) is 18.6 Å². The number of fused-ring (bicyclic) bond motifs is 1. The third-order valence-corrected chi connectivity index (χ3v) is 5.69. The van der Waals surface area contributed by atoms with Crippen molar-refractivity contribution in [2.75, 3.05) is 59.2 Å². The van der Waals surface area contributed by atoms with Gasteiger partial charge in [0, 0.05) is 25.8 Å². The highest BCUT2D eigenvalue weighted by Crippen LogP contribution is 2.38. The molecule has 0 radical (unpaired) electrons. The average Bonchev–Trinajstić information content (AvgIpc) is 3.31. The van der Waals surface area contributed by atoms with Crippen LogP contribution in [0, 0.1) is 0 Å². The van der Waals surface area contributed by atoms with E-state index in [0.29, 0.717) is 66.7 Å². The molecule has 36 heavy (non-hydrogen) atoms. The number of nitrogens with one attached hydrogen (secondary N) is 2. The normalized spacial score (nSPS) is 11.1. The number of rotatable bonds is 14. The number of anilines is 1. The number of ether oxygens (including phenoxy) is 4. The largest absolute Gasteiger partial charge is 0.493 e. The van der Waals surface area contributed by atoms with Gasteiger partial charge in [0.05, 0.1) is 46.1 Å².